The van der Waals surface area contributed by atoms with E-state index in [0.29, 0.717) is 24.6 Å². The fourth-order valence-electron chi connectivity index (χ4n) is 2.50. The van der Waals surface area contributed by atoms with Gasteiger partial charge in [-0.25, -0.2) is 0 Å². The van der Waals surface area contributed by atoms with Gasteiger partial charge in [0, 0.05) is 13.1 Å². The normalized spacial score (nSPS) is 16.1. The highest BCUT2D eigenvalue weighted by Gasteiger charge is 2.24. The summed E-state index contributed by atoms with van der Waals surface area (Å²) in [5, 5.41) is 11.1. The van der Waals surface area contributed by atoms with Crippen molar-refractivity contribution in [3.63, 3.8) is 0 Å². The van der Waals surface area contributed by atoms with Crippen LogP contribution in [0.5, 0.6) is 11.5 Å². The Balaban J connectivity index is 1.73. The second-order valence-electron chi connectivity index (χ2n) is 5.12. The van der Waals surface area contributed by atoms with E-state index in [2.05, 4.69) is 0 Å². The molecule has 22 heavy (non-hydrogen) atoms. The van der Waals surface area contributed by atoms with Crippen LogP contribution in [0.3, 0.4) is 0 Å². The number of nitro groups is 1. The number of ether oxygens (including phenoxy) is 2. The van der Waals surface area contributed by atoms with Crippen molar-refractivity contribution in [2.24, 2.45) is 0 Å². The average molecular weight is 300 g/mol. The van der Waals surface area contributed by atoms with Gasteiger partial charge >= 0.3 is 0 Å². The highest BCUT2D eigenvalue weighted by atomic mass is 16.6. The van der Waals surface area contributed by atoms with E-state index in [0.717, 1.165) is 5.75 Å². The number of anilines is 1. The minimum Gasteiger partial charge on any atom is -0.486 e. The van der Waals surface area contributed by atoms with Gasteiger partial charge in [-0.1, -0.05) is 24.3 Å². The molecule has 0 aliphatic carbocycles. The van der Waals surface area contributed by atoms with Gasteiger partial charge in [0.05, 0.1) is 11.5 Å². The fraction of sp³-hybridized carbons (Fsp3) is 0.250. The maximum atomic E-state index is 11.1. The van der Waals surface area contributed by atoms with Gasteiger partial charge in [0.2, 0.25) is 0 Å². The molecule has 2 aromatic carbocycles. The van der Waals surface area contributed by atoms with Crippen LogP contribution in [0.25, 0.3) is 0 Å². The number of nitrogens with zero attached hydrogens (tertiary/aromatic N) is 2. The molecule has 0 fully saturated rings. The van der Waals surface area contributed by atoms with E-state index < -0.39 is 0 Å². The highest BCUT2D eigenvalue weighted by molar-refractivity contribution is 5.62. The Bertz CT molecular complexity index is 689. The van der Waals surface area contributed by atoms with Crippen molar-refractivity contribution in [3.8, 4) is 11.5 Å². The molecule has 1 aliphatic rings. The van der Waals surface area contributed by atoms with Gasteiger partial charge in [0.15, 0.2) is 17.6 Å². The molecule has 0 saturated carbocycles. The van der Waals surface area contributed by atoms with Gasteiger partial charge in [-0.2, -0.15) is 0 Å². The Morgan fingerprint density at radius 3 is 2.64 bits per heavy atom. The van der Waals surface area contributed by atoms with Crippen LogP contribution in [-0.2, 0) is 0 Å². The Labute approximate surface area is 128 Å². The summed E-state index contributed by atoms with van der Waals surface area (Å²) in [6.45, 7) is 0.918. The van der Waals surface area contributed by atoms with Crippen molar-refractivity contribution in [2.75, 3.05) is 25.1 Å². The van der Waals surface area contributed by atoms with Crippen LogP contribution >= 0.6 is 0 Å². The van der Waals surface area contributed by atoms with Crippen LogP contribution in [0.15, 0.2) is 48.5 Å². The number of hydrogen-bond acceptors (Lipinski definition) is 5. The lowest BCUT2D eigenvalue weighted by Crippen LogP contribution is -2.39. The van der Waals surface area contributed by atoms with Gasteiger partial charge in [-0.15, -0.1) is 0 Å². The molecular formula is C16H16N2O4. The molecule has 6 nitrogen and oxygen atoms in total. The van der Waals surface area contributed by atoms with Gasteiger partial charge in [-0.05, 0) is 18.2 Å². The van der Waals surface area contributed by atoms with Crippen LogP contribution in [-0.4, -0.2) is 31.2 Å². The first-order valence-corrected chi connectivity index (χ1v) is 6.98. The van der Waals surface area contributed by atoms with E-state index in [9.17, 15) is 10.1 Å². The molecule has 114 valence electrons. The maximum Gasteiger partial charge on any atom is 0.292 e. The molecule has 1 aliphatic heterocycles. The summed E-state index contributed by atoms with van der Waals surface area (Å²) >= 11 is 0. The molecule has 0 bridgehead atoms. The van der Waals surface area contributed by atoms with Crippen LogP contribution < -0.4 is 14.4 Å². The molecule has 0 amide bonds. The number of benzene rings is 2. The monoisotopic (exact) mass is 300 g/mol. The molecule has 0 saturated heterocycles. The zero-order chi connectivity index (χ0) is 15.5. The third kappa shape index (κ3) is 2.81. The Morgan fingerprint density at radius 1 is 1.18 bits per heavy atom. The maximum absolute atomic E-state index is 11.1. The predicted octanol–water partition coefficient (Wildman–Crippen LogP) is 2.87. The van der Waals surface area contributed by atoms with Gasteiger partial charge in [0.1, 0.15) is 12.3 Å². The first kappa shape index (κ1) is 14.2. The van der Waals surface area contributed by atoms with Gasteiger partial charge in [-0.3, -0.25) is 10.1 Å². The van der Waals surface area contributed by atoms with Crippen LogP contribution in [0.1, 0.15) is 0 Å². The summed E-state index contributed by atoms with van der Waals surface area (Å²) in [6, 6.07) is 14.2. The van der Waals surface area contributed by atoms with E-state index in [-0.39, 0.29) is 16.7 Å². The van der Waals surface area contributed by atoms with Crippen molar-refractivity contribution < 1.29 is 14.4 Å². The van der Waals surface area contributed by atoms with E-state index >= 15 is 0 Å². The lowest BCUT2D eigenvalue weighted by Gasteiger charge is -2.30. The van der Waals surface area contributed by atoms with E-state index in [4.69, 9.17) is 9.47 Å². The first-order valence-electron chi connectivity index (χ1n) is 6.98. The van der Waals surface area contributed by atoms with Crippen LogP contribution in [0.4, 0.5) is 11.4 Å². The molecule has 0 spiro atoms. The standard InChI is InChI=1S/C16H16N2O4/c1-17(13-6-2-3-7-14(13)18(19)20)10-12-11-21-15-8-4-5-9-16(15)22-12/h2-9,12H,10-11H2,1H3. The smallest absolute Gasteiger partial charge is 0.292 e. The summed E-state index contributed by atoms with van der Waals surface area (Å²) in [4.78, 5) is 12.5. The third-order valence-corrected chi connectivity index (χ3v) is 3.53. The zero-order valence-corrected chi connectivity index (χ0v) is 12.1. The van der Waals surface area contributed by atoms with E-state index in [1.807, 2.05) is 36.2 Å². The number of likely N-dealkylation sites (N-methyl/N-ethyl adjacent to an activating group) is 1. The summed E-state index contributed by atoms with van der Waals surface area (Å²) in [5.41, 5.74) is 0.650. The van der Waals surface area contributed by atoms with Crippen LogP contribution in [0, 0.1) is 10.1 Å². The van der Waals surface area contributed by atoms with Gasteiger partial charge in [0.25, 0.3) is 5.69 Å². The fourth-order valence-corrected chi connectivity index (χ4v) is 2.50. The number of para-hydroxylation sites is 4. The minimum atomic E-state index is -0.376. The second kappa shape index (κ2) is 5.93. The molecule has 0 radical (unpaired) electrons. The lowest BCUT2D eigenvalue weighted by molar-refractivity contribution is -0.384. The molecule has 2 aromatic rings. The quantitative estimate of drug-likeness (QED) is 0.641. The van der Waals surface area contributed by atoms with E-state index in [1.54, 1.807) is 18.2 Å². The number of hydrogen-bond donors (Lipinski definition) is 0. The molecule has 6 heteroatoms. The van der Waals surface area contributed by atoms with Crippen LogP contribution in [0.2, 0.25) is 0 Å². The third-order valence-electron chi connectivity index (χ3n) is 3.53. The largest absolute Gasteiger partial charge is 0.486 e. The summed E-state index contributed by atoms with van der Waals surface area (Å²) in [6.07, 6.45) is -0.181. The topological polar surface area (TPSA) is 64.8 Å². The molecule has 3 rings (SSSR count). The second-order valence-corrected chi connectivity index (χ2v) is 5.12. The zero-order valence-electron chi connectivity index (χ0n) is 12.1. The molecule has 1 heterocycles. The molecule has 1 atom stereocenters. The Kier molecular flexibility index (Phi) is 3.82. The summed E-state index contributed by atoms with van der Waals surface area (Å²) in [7, 11) is 1.81. The highest BCUT2D eigenvalue weighted by Crippen LogP contribution is 2.32. The van der Waals surface area contributed by atoms with Crippen molar-refractivity contribution >= 4 is 11.4 Å². The molecule has 1 unspecified atom stereocenters. The summed E-state index contributed by atoms with van der Waals surface area (Å²) in [5.74, 6) is 1.43. The molecular weight excluding hydrogens is 284 g/mol. The number of rotatable bonds is 4. The Hall–Kier alpha value is -2.76. The average Bonchev–Trinajstić information content (AvgIpc) is 2.54. The van der Waals surface area contributed by atoms with Crippen molar-refractivity contribution in [2.45, 2.75) is 6.10 Å². The Morgan fingerprint density at radius 2 is 1.86 bits per heavy atom. The molecule has 0 N–H and O–H groups in total. The first-order chi connectivity index (χ1) is 10.6. The van der Waals surface area contributed by atoms with Crippen molar-refractivity contribution in [3.05, 3.63) is 58.6 Å². The van der Waals surface area contributed by atoms with Crippen molar-refractivity contribution in [1.82, 2.24) is 0 Å². The van der Waals surface area contributed by atoms with E-state index in [1.165, 1.54) is 6.07 Å². The summed E-state index contributed by atoms with van der Waals surface area (Å²) < 4.78 is 11.6. The van der Waals surface area contributed by atoms with Crippen molar-refractivity contribution in [1.29, 1.82) is 0 Å². The van der Waals surface area contributed by atoms with Gasteiger partial charge < -0.3 is 14.4 Å². The SMILES string of the molecule is CN(CC1COc2ccccc2O1)c1ccccc1[N+](=O)[O-]. The predicted molar refractivity (Wildman–Crippen MR) is 82.7 cm³/mol. The number of nitro benzene ring substituents is 1. The molecule has 0 aromatic heterocycles. The minimum absolute atomic E-state index is 0.0853. The number of fused-ring (bicyclic) bond motifs is 1. The lowest BCUT2D eigenvalue weighted by atomic mass is 10.2.